The first-order valence-corrected chi connectivity index (χ1v) is 7.81. The second kappa shape index (κ2) is 7.74. The normalized spacial score (nSPS) is 10.3. The number of halogens is 1. The van der Waals surface area contributed by atoms with Crippen LogP contribution in [0.2, 0.25) is 0 Å². The number of methoxy groups -OCH3 is 1. The van der Waals surface area contributed by atoms with Crippen molar-refractivity contribution in [3.63, 3.8) is 0 Å². The van der Waals surface area contributed by atoms with E-state index in [9.17, 15) is 9.59 Å². The maximum absolute atomic E-state index is 11.7. The zero-order valence-electron chi connectivity index (χ0n) is 12.1. The summed E-state index contributed by atoms with van der Waals surface area (Å²) in [5, 5.41) is 6.96. The van der Waals surface area contributed by atoms with Gasteiger partial charge in [0, 0.05) is 12.7 Å². The Bertz CT molecular complexity index is 655. The number of aryl methyl sites for hydroxylation is 2. The summed E-state index contributed by atoms with van der Waals surface area (Å²) in [6.07, 6.45) is 2.41. The van der Waals surface area contributed by atoms with E-state index in [4.69, 9.17) is 4.74 Å². The summed E-state index contributed by atoms with van der Waals surface area (Å²) >= 11 is 3.06. The van der Waals surface area contributed by atoms with Crippen molar-refractivity contribution < 1.29 is 14.3 Å². The van der Waals surface area contributed by atoms with E-state index in [2.05, 4.69) is 26.3 Å². The van der Waals surface area contributed by atoms with E-state index >= 15 is 0 Å². The smallest absolute Gasteiger partial charge is 0.360 e. The quantitative estimate of drug-likeness (QED) is 0.629. The molecule has 1 N–H and O–H groups in total. The molecule has 1 amide bonds. The van der Waals surface area contributed by atoms with Crippen molar-refractivity contribution in [2.24, 2.45) is 0 Å². The van der Waals surface area contributed by atoms with Crippen LogP contribution in [-0.4, -0.2) is 34.1 Å². The Morgan fingerprint density at radius 1 is 1.32 bits per heavy atom. The zero-order valence-corrected chi connectivity index (χ0v) is 13.7. The predicted molar refractivity (Wildman–Crippen MR) is 86.1 cm³/mol. The SMILES string of the molecule is COC(=O)c1nn(CCc2ccccc2)cc1NC(=O)CBr. The molecular formula is C15H16BrN3O3. The minimum atomic E-state index is -0.580. The Labute approximate surface area is 136 Å². The molecule has 0 fully saturated rings. The first-order valence-electron chi connectivity index (χ1n) is 6.69. The first kappa shape index (κ1) is 16.2. The first-order chi connectivity index (χ1) is 10.6. The fourth-order valence-corrected chi connectivity index (χ4v) is 2.09. The summed E-state index contributed by atoms with van der Waals surface area (Å²) in [5.74, 6) is -0.837. The highest BCUT2D eigenvalue weighted by Gasteiger charge is 2.18. The molecular weight excluding hydrogens is 350 g/mol. The van der Waals surface area contributed by atoms with Crippen LogP contribution in [0.5, 0.6) is 0 Å². The van der Waals surface area contributed by atoms with Crippen molar-refractivity contribution in [2.45, 2.75) is 13.0 Å². The molecule has 1 heterocycles. The molecule has 2 rings (SSSR count). The predicted octanol–water partition coefficient (Wildman–Crippen LogP) is 2.25. The van der Waals surface area contributed by atoms with Crippen LogP contribution in [0.1, 0.15) is 16.1 Å². The van der Waals surface area contributed by atoms with Gasteiger partial charge in [0.2, 0.25) is 5.91 Å². The van der Waals surface area contributed by atoms with Gasteiger partial charge in [0.05, 0.1) is 18.1 Å². The van der Waals surface area contributed by atoms with Gasteiger partial charge >= 0.3 is 5.97 Å². The number of ether oxygens (including phenoxy) is 1. The molecule has 0 atom stereocenters. The van der Waals surface area contributed by atoms with Gasteiger partial charge in [-0.3, -0.25) is 9.48 Å². The van der Waals surface area contributed by atoms with Crippen molar-refractivity contribution in [2.75, 3.05) is 17.8 Å². The maximum Gasteiger partial charge on any atom is 0.360 e. The van der Waals surface area contributed by atoms with E-state index < -0.39 is 5.97 Å². The Hall–Kier alpha value is -2.15. The topological polar surface area (TPSA) is 73.2 Å². The molecule has 0 spiro atoms. The fraction of sp³-hybridized carbons (Fsp3) is 0.267. The molecule has 1 aromatic heterocycles. The zero-order chi connectivity index (χ0) is 15.9. The summed E-state index contributed by atoms with van der Waals surface area (Å²) in [6, 6.07) is 9.96. The lowest BCUT2D eigenvalue weighted by Crippen LogP contribution is -2.15. The Kier molecular flexibility index (Phi) is 5.71. The van der Waals surface area contributed by atoms with Crippen LogP contribution >= 0.6 is 15.9 Å². The highest BCUT2D eigenvalue weighted by molar-refractivity contribution is 9.09. The lowest BCUT2D eigenvalue weighted by molar-refractivity contribution is -0.113. The third-order valence-electron chi connectivity index (χ3n) is 3.01. The summed E-state index contributed by atoms with van der Waals surface area (Å²) in [4.78, 5) is 23.2. The Morgan fingerprint density at radius 2 is 2.05 bits per heavy atom. The monoisotopic (exact) mass is 365 g/mol. The fourth-order valence-electron chi connectivity index (χ4n) is 1.95. The summed E-state index contributed by atoms with van der Waals surface area (Å²) in [6.45, 7) is 0.595. The van der Waals surface area contributed by atoms with Crippen molar-refractivity contribution in [3.05, 3.63) is 47.8 Å². The van der Waals surface area contributed by atoms with Crippen molar-refractivity contribution >= 4 is 33.5 Å². The van der Waals surface area contributed by atoms with Crippen LogP contribution < -0.4 is 5.32 Å². The molecule has 0 saturated carbocycles. The van der Waals surface area contributed by atoms with Crippen molar-refractivity contribution in [1.82, 2.24) is 9.78 Å². The number of amides is 1. The number of aromatic nitrogens is 2. The molecule has 1 aromatic carbocycles. The van der Waals surface area contributed by atoms with Crippen LogP contribution in [0.3, 0.4) is 0 Å². The minimum Gasteiger partial charge on any atom is -0.464 e. The highest BCUT2D eigenvalue weighted by atomic mass is 79.9. The number of esters is 1. The molecule has 0 aliphatic carbocycles. The molecule has 7 heteroatoms. The summed E-state index contributed by atoms with van der Waals surface area (Å²) < 4.78 is 6.32. The van der Waals surface area contributed by atoms with Gasteiger partial charge in [0.25, 0.3) is 0 Å². The van der Waals surface area contributed by atoms with Gasteiger partial charge in [-0.15, -0.1) is 0 Å². The van der Waals surface area contributed by atoms with Gasteiger partial charge < -0.3 is 10.1 Å². The molecule has 0 aliphatic rings. The number of alkyl halides is 1. The molecule has 22 heavy (non-hydrogen) atoms. The third-order valence-corrected chi connectivity index (χ3v) is 3.52. The van der Waals surface area contributed by atoms with Crippen LogP contribution in [0.25, 0.3) is 0 Å². The van der Waals surface area contributed by atoms with Gasteiger partial charge in [-0.2, -0.15) is 5.10 Å². The molecule has 2 aromatic rings. The Morgan fingerprint density at radius 3 is 2.68 bits per heavy atom. The second-order valence-corrected chi connectivity index (χ2v) is 5.12. The average molecular weight is 366 g/mol. The lowest BCUT2D eigenvalue weighted by Gasteiger charge is -2.01. The third kappa shape index (κ3) is 4.17. The van der Waals surface area contributed by atoms with Gasteiger partial charge in [-0.05, 0) is 12.0 Å². The van der Waals surface area contributed by atoms with E-state index in [-0.39, 0.29) is 16.9 Å². The molecule has 0 aliphatic heterocycles. The van der Waals surface area contributed by atoms with Crippen LogP contribution in [0.4, 0.5) is 5.69 Å². The van der Waals surface area contributed by atoms with Gasteiger partial charge in [0.15, 0.2) is 5.69 Å². The molecule has 6 nitrogen and oxygen atoms in total. The number of rotatable bonds is 6. The van der Waals surface area contributed by atoms with E-state index in [0.717, 1.165) is 6.42 Å². The number of carbonyl (C=O) groups excluding carboxylic acids is 2. The molecule has 0 radical (unpaired) electrons. The largest absolute Gasteiger partial charge is 0.464 e. The Balaban J connectivity index is 2.14. The molecule has 0 unspecified atom stereocenters. The number of carbonyl (C=O) groups is 2. The number of nitrogens with one attached hydrogen (secondary N) is 1. The number of hydrogen-bond acceptors (Lipinski definition) is 4. The van der Waals surface area contributed by atoms with E-state index in [1.165, 1.54) is 12.7 Å². The van der Waals surface area contributed by atoms with Crippen LogP contribution in [-0.2, 0) is 22.5 Å². The van der Waals surface area contributed by atoms with E-state index in [1.54, 1.807) is 10.9 Å². The minimum absolute atomic E-state index is 0.102. The lowest BCUT2D eigenvalue weighted by atomic mass is 10.1. The molecule has 116 valence electrons. The number of anilines is 1. The van der Waals surface area contributed by atoms with Gasteiger partial charge in [-0.25, -0.2) is 4.79 Å². The molecule has 0 saturated heterocycles. The van der Waals surface area contributed by atoms with Crippen molar-refractivity contribution in [1.29, 1.82) is 0 Å². The number of hydrogen-bond donors (Lipinski definition) is 1. The van der Waals surface area contributed by atoms with Gasteiger partial charge in [-0.1, -0.05) is 46.3 Å². The summed E-state index contributed by atoms with van der Waals surface area (Å²) in [7, 11) is 1.28. The number of benzene rings is 1. The standard InChI is InChI=1S/C15H16BrN3O3/c1-22-15(21)14-12(17-13(20)9-16)10-19(18-14)8-7-11-5-3-2-4-6-11/h2-6,10H,7-9H2,1H3,(H,17,20). The maximum atomic E-state index is 11.7. The highest BCUT2D eigenvalue weighted by Crippen LogP contribution is 2.16. The summed E-state index contributed by atoms with van der Waals surface area (Å²) in [5.41, 5.74) is 1.62. The second-order valence-electron chi connectivity index (χ2n) is 4.56. The van der Waals surface area contributed by atoms with Crippen LogP contribution in [0, 0.1) is 0 Å². The van der Waals surface area contributed by atoms with Crippen molar-refractivity contribution in [3.8, 4) is 0 Å². The van der Waals surface area contributed by atoms with Gasteiger partial charge in [0.1, 0.15) is 0 Å². The average Bonchev–Trinajstić information content (AvgIpc) is 2.95. The number of nitrogens with zero attached hydrogens (tertiary/aromatic N) is 2. The van der Waals surface area contributed by atoms with E-state index in [1.807, 2.05) is 30.3 Å². The van der Waals surface area contributed by atoms with Crippen LogP contribution in [0.15, 0.2) is 36.5 Å². The molecule has 0 bridgehead atoms. The van der Waals surface area contributed by atoms with E-state index in [0.29, 0.717) is 12.2 Å².